The SMILES string of the molecule is COC1(CNC2CSCCC2(C)C)CCN(C(=O)OC(C)(C)C)CC1. The van der Waals surface area contributed by atoms with E-state index in [9.17, 15) is 4.79 Å². The molecule has 25 heavy (non-hydrogen) atoms. The first-order valence-corrected chi connectivity index (χ1v) is 10.6. The van der Waals surface area contributed by atoms with Crippen LogP contribution in [0.5, 0.6) is 0 Å². The van der Waals surface area contributed by atoms with Gasteiger partial charge in [-0.1, -0.05) is 13.8 Å². The second kappa shape index (κ2) is 8.05. The van der Waals surface area contributed by atoms with Crippen LogP contribution < -0.4 is 5.32 Å². The minimum Gasteiger partial charge on any atom is -0.444 e. The van der Waals surface area contributed by atoms with Crippen LogP contribution in [0.2, 0.25) is 0 Å². The van der Waals surface area contributed by atoms with Crippen molar-refractivity contribution >= 4 is 17.9 Å². The topological polar surface area (TPSA) is 50.8 Å². The van der Waals surface area contributed by atoms with E-state index < -0.39 is 5.60 Å². The highest BCUT2D eigenvalue weighted by atomic mass is 32.2. The van der Waals surface area contributed by atoms with Crippen molar-refractivity contribution in [1.82, 2.24) is 10.2 Å². The Morgan fingerprint density at radius 3 is 2.40 bits per heavy atom. The molecule has 5 nitrogen and oxygen atoms in total. The first kappa shape index (κ1) is 20.8. The van der Waals surface area contributed by atoms with Gasteiger partial charge in [-0.25, -0.2) is 4.79 Å². The molecule has 1 unspecified atom stereocenters. The number of rotatable bonds is 4. The lowest BCUT2D eigenvalue weighted by atomic mass is 9.81. The molecule has 1 amide bonds. The maximum absolute atomic E-state index is 12.2. The third-order valence-electron chi connectivity index (χ3n) is 5.55. The number of piperidine rings is 1. The Morgan fingerprint density at radius 1 is 1.24 bits per heavy atom. The molecule has 146 valence electrons. The van der Waals surface area contributed by atoms with Gasteiger partial charge in [0.25, 0.3) is 0 Å². The normalized spacial score (nSPS) is 26.3. The van der Waals surface area contributed by atoms with Crippen molar-refractivity contribution < 1.29 is 14.3 Å². The summed E-state index contributed by atoms with van der Waals surface area (Å²) in [6.45, 7) is 12.6. The summed E-state index contributed by atoms with van der Waals surface area (Å²) < 4.78 is 11.4. The van der Waals surface area contributed by atoms with Crippen LogP contribution in [0.15, 0.2) is 0 Å². The summed E-state index contributed by atoms with van der Waals surface area (Å²) >= 11 is 2.04. The zero-order valence-corrected chi connectivity index (χ0v) is 17.6. The molecule has 2 heterocycles. The standard InChI is InChI=1S/C19H36N2O3S/c1-17(2,3)24-16(22)21-10-7-19(23-6,8-11-21)14-20-15-13-25-12-9-18(15,4)5/h15,20H,7-14H2,1-6H3. The van der Waals surface area contributed by atoms with Crippen LogP contribution in [0, 0.1) is 5.41 Å². The molecule has 0 aromatic heterocycles. The molecule has 2 fully saturated rings. The zero-order chi connectivity index (χ0) is 18.7. The first-order chi connectivity index (χ1) is 11.6. The summed E-state index contributed by atoms with van der Waals surface area (Å²) in [5, 5.41) is 3.78. The molecule has 2 saturated heterocycles. The largest absolute Gasteiger partial charge is 0.444 e. The molecule has 0 aliphatic carbocycles. The van der Waals surface area contributed by atoms with Crippen LogP contribution in [0.25, 0.3) is 0 Å². The minimum absolute atomic E-state index is 0.184. The Kier molecular flexibility index (Phi) is 6.71. The second-order valence-electron chi connectivity index (χ2n) is 9.10. The Balaban J connectivity index is 1.87. The number of carbonyl (C=O) groups excluding carboxylic acids is 1. The van der Waals surface area contributed by atoms with Gasteiger partial charge in [-0.15, -0.1) is 0 Å². The lowest BCUT2D eigenvalue weighted by Crippen LogP contribution is -2.57. The summed E-state index contributed by atoms with van der Waals surface area (Å²) in [6, 6.07) is 0.516. The maximum Gasteiger partial charge on any atom is 0.410 e. The van der Waals surface area contributed by atoms with Gasteiger partial charge in [-0.05, 0) is 51.2 Å². The highest BCUT2D eigenvalue weighted by Gasteiger charge is 2.39. The summed E-state index contributed by atoms with van der Waals surface area (Å²) in [5.74, 6) is 2.42. The molecule has 0 bridgehead atoms. The number of amides is 1. The predicted molar refractivity (Wildman–Crippen MR) is 104 cm³/mol. The maximum atomic E-state index is 12.2. The molecule has 2 aliphatic heterocycles. The van der Waals surface area contributed by atoms with Crippen LogP contribution in [-0.2, 0) is 9.47 Å². The number of likely N-dealkylation sites (tertiary alicyclic amines) is 1. The minimum atomic E-state index is -0.446. The molecule has 0 spiro atoms. The van der Waals surface area contributed by atoms with E-state index in [-0.39, 0.29) is 11.7 Å². The van der Waals surface area contributed by atoms with Crippen LogP contribution in [-0.4, -0.2) is 66.5 Å². The highest BCUT2D eigenvalue weighted by molar-refractivity contribution is 7.99. The number of ether oxygens (including phenoxy) is 2. The van der Waals surface area contributed by atoms with Crippen molar-refractivity contribution in [3.8, 4) is 0 Å². The van der Waals surface area contributed by atoms with E-state index in [2.05, 4.69) is 19.2 Å². The van der Waals surface area contributed by atoms with Crippen molar-refractivity contribution in [1.29, 1.82) is 0 Å². The number of nitrogens with one attached hydrogen (secondary N) is 1. The second-order valence-corrected chi connectivity index (χ2v) is 10.3. The Hall–Kier alpha value is -0.460. The summed E-state index contributed by atoms with van der Waals surface area (Å²) in [4.78, 5) is 14.1. The molecule has 0 aromatic carbocycles. The van der Waals surface area contributed by atoms with Crippen molar-refractivity contribution in [2.24, 2.45) is 5.41 Å². The van der Waals surface area contributed by atoms with Crippen molar-refractivity contribution in [2.75, 3.05) is 38.2 Å². The average molecular weight is 373 g/mol. The first-order valence-electron chi connectivity index (χ1n) is 9.41. The van der Waals surface area contributed by atoms with Gasteiger partial charge in [0.05, 0.1) is 5.60 Å². The van der Waals surface area contributed by atoms with Crippen molar-refractivity contribution in [2.45, 2.75) is 71.1 Å². The van der Waals surface area contributed by atoms with Gasteiger partial charge >= 0.3 is 6.09 Å². The number of hydrogen-bond acceptors (Lipinski definition) is 5. The van der Waals surface area contributed by atoms with Gasteiger partial charge in [-0.3, -0.25) is 0 Å². The monoisotopic (exact) mass is 372 g/mol. The van der Waals surface area contributed by atoms with Crippen LogP contribution >= 0.6 is 11.8 Å². The van der Waals surface area contributed by atoms with Crippen LogP contribution in [0.3, 0.4) is 0 Å². The third-order valence-corrected chi connectivity index (χ3v) is 6.61. The molecular weight excluding hydrogens is 336 g/mol. The van der Waals surface area contributed by atoms with Gasteiger partial charge in [0.2, 0.25) is 0 Å². The fraction of sp³-hybridized carbons (Fsp3) is 0.947. The van der Waals surface area contributed by atoms with Crippen LogP contribution in [0.1, 0.15) is 53.9 Å². The van der Waals surface area contributed by atoms with E-state index in [1.807, 2.05) is 37.4 Å². The van der Waals surface area contributed by atoms with Gasteiger partial charge in [0, 0.05) is 38.5 Å². The molecule has 2 aliphatic rings. The van der Waals surface area contributed by atoms with Crippen molar-refractivity contribution in [3.05, 3.63) is 0 Å². The van der Waals surface area contributed by atoms with E-state index in [1.165, 1.54) is 12.2 Å². The molecule has 2 rings (SSSR count). The smallest absolute Gasteiger partial charge is 0.410 e. The van der Waals surface area contributed by atoms with E-state index in [0.29, 0.717) is 24.5 Å². The van der Waals surface area contributed by atoms with Crippen LogP contribution in [0.4, 0.5) is 4.79 Å². The van der Waals surface area contributed by atoms with E-state index in [4.69, 9.17) is 9.47 Å². The van der Waals surface area contributed by atoms with Gasteiger partial charge in [-0.2, -0.15) is 11.8 Å². The summed E-state index contributed by atoms with van der Waals surface area (Å²) in [6.07, 6.45) is 2.73. The van der Waals surface area contributed by atoms with Gasteiger partial charge in [0.15, 0.2) is 0 Å². The molecular formula is C19H36N2O3S. The molecule has 1 atom stereocenters. The van der Waals surface area contributed by atoms with Gasteiger partial charge in [0.1, 0.15) is 5.60 Å². The Bertz CT molecular complexity index is 454. The van der Waals surface area contributed by atoms with E-state index in [0.717, 1.165) is 25.1 Å². The van der Waals surface area contributed by atoms with E-state index >= 15 is 0 Å². The molecule has 0 aromatic rings. The zero-order valence-electron chi connectivity index (χ0n) is 16.8. The van der Waals surface area contributed by atoms with Crippen molar-refractivity contribution in [3.63, 3.8) is 0 Å². The number of carbonyl (C=O) groups is 1. The fourth-order valence-electron chi connectivity index (χ4n) is 3.46. The lowest BCUT2D eigenvalue weighted by molar-refractivity contribution is -0.0613. The number of methoxy groups -OCH3 is 1. The summed E-state index contributed by atoms with van der Waals surface area (Å²) in [7, 11) is 1.80. The lowest BCUT2D eigenvalue weighted by Gasteiger charge is -2.44. The molecule has 0 saturated carbocycles. The predicted octanol–water partition coefficient (Wildman–Crippen LogP) is 3.52. The molecule has 1 N–H and O–H groups in total. The number of hydrogen-bond donors (Lipinski definition) is 1. The van der Waals surface area contributed by atoms with E-state index in [1.54, 1.807) is 7.11 Å². The quantitative estimate of drug-likeness (QED) is 0.818. The van der Waals surface area contributed by atoms with Gasteiger partial charge < -0.3 is 19.7 Å². The number of thioether (sulfide) groups is 1. The summed E-state index contributed by atoms with van der Waals surface area (Å²) in [5.41, 5.74) is -0.299. The Labute approximate surface area is 157 Å². The molecule has 6 heteroatoms. The molecule has 0 radical (unpaired) electrons. The third kappa shape index (κ3) is 5.76. The average Bonchev–Trinajstić information content (AvgIpc) is 2.52. The fourth-order valence-corrected chi connectivity index (χ4v) is 5.10. The highest BCUT2D eigenvalue weighted by Crippen LogP contribution is 2.35. The Morgan fingerprint density at radius 2 is 1.88 bits per heavy atom. The number of nitrogens with zero attached hydrogens (tertiary/aromatic N) is 1.